The molecule has 0 saturated heterocycles. The molecule has 1 aliphatic carbocycles. The van der Waals surface area contributed by atoms with E-state index in [-0.39, 0.29) is 0 Å². The van der Waals surface area contributed by atoms with Gasteiger partial charge in [0.05, 0.1) is 6.54 Å². The van der Waals surface area contributed by atoms with Crippen LogP contribution in [0.25, 0.3) is 0 Å². The lowest BCUT2D eigenvalue weighted by Gasteiger charge is -2.34. The predicted octanol–water partition coefficient (Wildman–Crippen LogP) is 3.66. The van der Waals surface area contributed by atoms with Crippen LogP contribution in [-0.2, 0) is 6.54 Å². The zero-order chi connectivity index (χ0) is 13.9. The second-order valence-electron chi connectivity index (χ2n) is 5.33. The van der Waals surface area contributed by atoms with Gasteiger partial charge in [-0.1, -0.05) is 35.3 Å². The number of nitrogens with one attached hydrogen (secondary N) is 1. The molecular formula is C15H18ClN3O. The fourth-order valence-corrected chi connectivity index (χ4v) is 2.74. The van der Waals surface area contributed by atoms with E-state index in [4.69, 9.17) is 16.1 Å². The molecule has 1 atom stereocenters. The van der Waals surface area contributed by atoms with Gasteiger partial charge in [-0.3, -0.25) is 0 Å². The van der Waals surface area contributed by atoms with E-state index in [0.29, 0.717) is 30.2 Å². The van der Waals surface area contributed by atoms with Crippen LogP contribution in [0.4, 0.5) is 0 Å². The third-order valence-electron chi connectivity index (χ3n) is 3.90. The van der Waals surface area contributed by atoms with Gasteiger partial charge in [0.1, 0.15) is 0 Å². The number of nitrogens with zero attached hydrogens (tertiary/aromatic N) is 2. The van der Waals surface area contributed by atoms with Gasteiger partial charge in [0, 0.05) is 18.0 Å². The Labute approximate surface area is 123 Å². The second-order valence-corrected chi connectivity index (χ2v) is 5.77. The second kappa shape index (κ2) is 5.94. The molecule has 1 heterocycles. The lowest BCUT2D eigenvalue weighted by atomic mass is 9.77. The molecule has 0 spiro atoms. The summed E-state index contributed by atoms with van der Waals surface area (Å²) in [6, 6.07) is 8.42. The maximum absolute atomic E-state index is 5.97. The Hall–Kier alpha value is -1.39. The summed E-state index contributed by atoms with van der Waals surface area (Å²) in [4.78, 5) is 4.23. The number of rotatable bonds is 5. The highest BCUT2D eigenvalue weighted by Crippen LogP contribution is 2.38. The van der Waals surface area contributed by atoms with Crippen LogP contribution < -0.4 is 5.32 Å². The molecule has 1 aliphatic rings. The zero-order valence-corrected chi connectivity index (χ0v) is 12.2. The van der Waals surface area contributed by atoms with Gasteiger partial charge in [0.25, 0.3) is 0 Å². The number of hydrogen-bond acceptors (Lipinski definition) is 4. The van der Waals surface area contributed by atoms with Gasteiger partial charge in [0.15, 0.2) is 5.82 Å². The van der Waals surface area contributed by atoms with Crippen LogP contribution in [0.3, 0.4) is 0 Å². The van der Waals surface area contributed by atoms with Gasteiger partial charge >= 0.3 is 0 Å². The van der Waals surface area contributed by atoms with Crippen molar-refractivity contribution in [2.75, 3.05) is 0 Å². The van der Waals surface area contributed by atoms with Crippen molar-refractivity contribution in [1.29, 1.82) is 0 Å². The number of benzene rings is 1. The van der Waals surface area contributed by atoms with E-state index in [1.807, 2.05) is 12.1 Å². The minimum absolute atomic E-state index is 0.333. The van der Waals surface area contributed by atoms with Gasteiger partial charge in [-0.15, -0.1) is 0 Å². The van der Waals surface area contributed by atoms with Gasteiger partial charge in [-0.05, 0) is 36.5 Å². The van der Waals surface area contributed by atoms with Crippen molar-refractivity contribution in [3.8, 4) is 0 Å². The van der Waals surface area contributed by atoms with E-state index in [2.05, 4.69) is 27.6 Å². The first kappa shape index (κ1) is 13.6. The van der Waals surface area contributed by atoms with Crippen molar-refractivity contribution in [2.45, 2.75) is 38.8 Å². The maximum Gasteiger partial charge on any atom is 0.223 e. The average Bonchev–Trinajstić information content (AvgIpc) is 2.79. The minimum Gasteiger partial charge on any atom is -0.340 e. The highest BCUT2D eigenvalue weighted by molar-refractivity contribution is 6.30. The van der Waals surface area contributed by atoms with Crippen LogP contribution in [0.2, 0.25) is 5.02 Å². The number of halogens is 1. The monoisotopic (exact) mass is 291 g/mol. The Balaban J connectivity index is 1.71. The standard InChI is InChI=1S/C15H18ClN3O/c1-10-18-14(19-20-10)9-17-15(11-3-2-4-11)12-5-7-13(16)8-6-12/h5-8,11,15,17H,2-4,9H2,1H3. The summed E-state index contributed by atoms with van der Waals surface area (Å²) in [5, 5.41) is 8.26. The first-order valence-electron chi connectivity index (χ1n) is 7.00. The van der Waals surface area contributed by atoms with E-state index < -0.39 is 0 Å². The summed E-state index contributed by atoms with van der Waals surface area (Å²) in [6.07, 6.45) is 3.86. The highest BCUT2D eigenvalue weighted by atomic mass is 35.5. The van der Waals surface area contributed by atoms with Gasteiger partial charge in [-0.2, -0.15) is 4.98 Å². The van der Waals surface area contributed by atoms with Gasteiger partial charge < -0.3 is 9.84 Å². The van der Waals surface area contributed by atoms with Crippen LogP contribution in [0, 0.1) is 12.8 Å². The quantitative estimate of drug-likeness (QED) is 0.913. The van der Waals surface area contributed by atoms with Crippen molar-refractivity contribution in [3.63, 3.8) is 0 Å². The number of hydrogen-bond donors (Lipinski definition) is 1. The summed E-state index contributed by atoms with van der Waals surface area (Å²) in [7, 11) is 0. The van der Waals surface area contributed by atoms with Crippen molar-refractivity contribution < 1.29 is 4.52 Å². The van der Waals surface area contributed by atoms with Crippen LogP contribution in [0.1, 0.15) is 42.6 Å². The Morgan fingerprint density at radius 1 is 1.35 bits per heavy atom. The first-order chi connectivity index (χ1) is 9.72. The molecule has 1 unspecified atom stereocenters. The van der Waals surface area contributed by atoms with Crippen LogP contribution in [0.5, 0.6) is 0 Å². The Kier molecular flexibility index (Phi) is 4.03. The molecule has 2 aromatic rings. The van der Waals surface area contributed by atoms with Gasteiger partial charge in [0.2, 0.25) is 5.89 Å². The SMILES string of the molecule is Cc1nc(CNC(c2ccc(Cl)cc2)C2CCC2)no1. The first-order valence-corrected chi connectivity index (χ1v) is 7.38. The molecule has 5 heteroatoms. The summed E-state index contributed by atoms with van der Waals surface area (Å²) in [6.45, 7) is 2.43. The molecule has 1 fully saturated rings. The summed E-state index contributed by atoms with van der Waals surface area (Å²) in [5.74, 6) is 2.00. The van der Waals surface area contributed by atoms with Crippen LogP contribution in [0.15, 0.2) is 28.8 Å². The third kappa shape index (κ3) is 3.02. The normalized spacial score (nSPS) is 16.9. The van der Waals surface area contributed by atoms with Crippen molar-refractivity contribution in [3.05, 3.63) is 46.6 Å². The summed E-state index contributed by atoms with van der Waals surface area (Å²) >= 11 is 5.97. The van der Waals surface area contributed by atoms with Crippen molar-refractivity contribution in [1.82, 2.24) is 15.5 Å². The van der Waals surface area contributed by atoms with Crippen LogP contribution in [-0.4, -0.2) is 10.1 Å². The topological polar surface area (TPSA) is 51.0 Å². The third-order valence-corrected chi connectivity index (χ3v) is 4.15. The fraction of sp³-hybridized carbons (Fsp3) is 0.467. The zero-order valence-electron chi connectivity index (χ0n) is 11.5. The average molecular weight is 292 g/mol. The van der Waals surface area contributed by atoms with E-state index in [9.17, 15) is 0 Å². The largest absolute Gasteiger partial charge is 0.340 e. The molecule has 0 bridgehead atoms. The molecule has 0 amide bonds. The molecule has 0 aliphatic heterocycles. The number of aromatic nitrogens is 2. The predicted molar refractivity (Wildman–Crippen MR) is 77.4 cm³/mol. The molecular weight excluding hydrogens is 274 g/mol. The van der Waals surface area contributed by atoms with Gasteiger partial charge in [-0.25, -0.2) is 0 Å². The molecule has 20 heavy (non-hydrogen) atoms. The molecule has 1 saturated carbocycles. The molecule has 3 rings (SSSR count). The molecule has 0 radical (unpaired) electrons. The lowest BCUT2D eigenvalue weighted by Crippen LogP contribution is -2.32. The Bertz CT molecular complexity index is 563. The van der Waals surface area contributed by atoms with Crippen molar-refractivity contribution in [2.24, 2.45) is 5.92 Å². The number of aryl methyl sites for hydroxylation is 1. The lowest BCUT2D eigenvalue weighted by molar-refractivity contribution is 0.228. The van der Waals surface area contributed by atoms with E-state index in [1.54, 1.807) is 6.92 Å². The molecule has 4 nitrogen and oxygen atoms in total. The fourth-order valence-electron chi connectivity index (χ4n) is 2.61. The summed E-state index contributed by atoms with van der Waals surface area (Å²) in [5.41, 5.74) is 1.28. The van der Waals surface area contributed by atoms with E-state index >= 15 is 0 Å². The molecule has 1 N–H and O–H groups in total. The van der Waals surface area contributed by atoms with E-state index in [1.165, 1.54) is 24.8 Å². The van der Waals surface area contributed by atoms with Crippen LogP contribution >= 0.6 is 11.6 Å². The molecule has 1 aromatic heterocycles. The maximum atomic E-state index is 5.97. The molecule has 1 aromatic carbocycles. The van der Waals surface area contributed by atoms with E-state index in [0.717, 1.165) is 5.02 Å². The molecule has 106 valence electrons. The summed E-state index contributed by atoms with van der Waals surface area (Å²) < 4.78 is 5.00. The Morgan fingerprint density at radius 3 is 2.65 bits per heavy atom. The highest BCUT2D eigenvalue weighted by Gasteiger charge is 2.28. The van der Waals surface area contributed by atoms with Crippen molar-refractivity contribution >= 4 is 11.6 Å². The smallest absolute Gasteiger partial charge is 0.223 e. The minimum atomic E-state index is 0.333. The Morgan fingerprint density at radius 2 is 2.10 bits per heavy atom.